The highest BCUT2D eigenvalue weighted by Crippen LogP contribution is 2.40. The van der Waals surface area contributed by atoms with Crippen LogP contribution in [0.5, 0.6) is 11.5 Å². The molecule has 0 saturated carbocycles. The Morgan fingerprint density at radius 1 is 0.854 bits per heavy atom. The van der Waals surface area contributed by atoms with E-state index < -0.39 is 40.8 Å². The van der Waals surface area contributed by atoms with Crippen LogP contribution in [0.4, 0.5) is 24.5 Å². The molecule has 4 amide bonds. The Hall–Kier alpha value is -7.00. The number of hydrogen-bond acceptors (Lipinski definition) is 14. The van der Waals surface area contributed by atoms with Crippen LogP contribution in [-0.2, 0) is 52.6 Å². The molecule has 4 aromatic carbocycles. The van der Waals surface area contributed by atoms with Gasteiger partial charge in [-0.3, -0.25) is 24.1 Å². The van der Waals surface area contributed by atoms with Gasteiger partial charge in [0.05, 0.1) is 78.6 Å². The van der Waals surface area contributed by atoms with E-state index in [1.165, 1.54) is 17.4 Å². The summed E-state index contributed by atoms with van der Waals surface area (Å²) in [6, 6.07) is 23.4. The third kappa shape index (κ3) is 14.4. The molecule has 436 valence electrons. The zero-order chi connectivity index (χ0) is 58.6. The summed E-state index contributed by atoms with van der Waals surface area (Å²) >= 11 is 7.16. The van der Waals surface area contributed by atoms with Crippen LogP contribution in [-0.4, -0.2) is 134 Å². The van der Waals surface area contributed by atoms with Gasteiger partial charge in [-0.05, 0) is 130 Å². The Kier molecular flexibility index (Phi) is 20.7. The average molecular weight is 1170 g/mol. The number of thiocarbonyl (C=S) groups is 1. The third-order valence-electron chi connectivity index (χ3n) is 14.4. The number of nitrogens with zero attached hydrogens (tertiary/aromatic N) is 6. The van der Waals surface area contributed by atoms with Gasteiger partial charge < -0.3 is 48.4 Å². The summed E-state index contributed by atoms with van der Waals surface area (Å²) < 4.78 is 76.2. The number of rotatable bonds is 28. The van der Waals surface area contributed by atoms with Crippen molar-refractivity contribution in [2.45, 2.75) is 97.2 Å². The quantitative estimate of drug-likeness (QED) is 0.0369. The second kappa shape index (κ2) is 27.8. The monoisotopic (exact) mass is 1170 g/mol. The van der Waals surface area contributed by atoms with Crippen molar-refractivity contribution in [3.8, 4) is 28.0 Å². The zero-order valence-corrected chi connectivity index (χ0v) is 48.3. The summed E-state index contributed by atoms with van der Waals surface area (Å²) in [7, 11) is 0. The molecule has 82 heavy (non-hydrogen) atoms. The van der Waals surface area contributed by atoms with Crippen molar-refractivity contribution in [2.75, 3.05) is 82.4 Å². The standard InChI is InChI=1S/C60H68F3N7O10S2/c1-39(2)52(68-37-44-11-6-7-12-48(44)55(68)72)56(73)67-22-10-13-50(67)54(71)65-36-43-15-14-41(53-40(3)66-38-82-53)33-51(43)80-32-30-78-28-26-76-24-9-8-23-75-25-27-77-29-31-79-47-20-18-45(19-21-47)70-58(81)69(57(74)59(70,4)5)46-17-16-42(35-64)49(34-46)60(61,62)63/h6-7,11-12,14-21,33-34,38-39,50,52H,8-10,13,22-32,36-37H2,1-5H3,(H,65,71)/t50-,52?/m0/s1. The first-order valence-corrected chi connectivity index (χ1v) is 28.7. The van der Waals surface area contributed by atoms with Gasteiger partial charge in [0, 0.05) is 49.7 Å². The van der Waals surface area contributed by atoms with Crippen molar-refractivity contribution < 1.29 is 60.8 Å². The number of carbonyl (C=O) groups excluding carboxylic acids is 4. The Labute approximate surface area is 485 Å². The highest BCUT2D eigenvalue weighted by Gasteiger charge is 2.51. The lowest BCUT2D eigenvalue weighted by Gasteiger charge is -2.35. The van der Waals surface area contributed by atoms with E-state index in [9.17, 15) is 37.6 Å². The molecule has 1 unspecified atom stereocenters. The van der Waals surface area contributed by atoms with Crippen LogP contribution < -0.4 is 24.6 Å². The molecular formula is C60H68F3N7O10S2. The van der Waals surface area contributed by atoms with Crippen LogP contribution in [0.3, 0.4) is 0 Å². The van der Waals surface area contributed by atoms with Gasteiger partial charge >= 0.3 is 6.18 Å². The largest absolute Gasteiger partial charge is 0.491 e. The number of aromatic nitrogens is 1. The summed E-state index contributed by atoms with van der Waals surface area (Å²) in [5, 5.41) is 12.3. The van der Waals surface area contributed by atoms with Gasteiger partial charge in [0.25, 0.3) is 11.8 Å². The lowest BCUT2D eigenvalue weighted by atomic mass is 10.0. The van der Waals surface area contributed by atoms with Gasteiger partial charge in [-0.15, -0.1) is 11.3 Å². The van der Waals surface area contributed by atoms with Gasteiger partial charge in [-0.1, -0.05) is 44.2 Å². The number of halogens is 3. The third-order valence-corrected chi connectivity index (χ3v) is 15.8. The maximum absolute atomic E-state index is 14.2. The van der Waals surface area contributed by atoms with Crippen molar-refractivity contribution in [3.63, 3.8) is 0 Å². The summed E-state index contributed by atoms with van der Waals surface area (Å²) in [5.74, 6) is -0.143. The molecule has 3 aliphatic heterocycles. The second-order valence-corrected chi connectivity index (χ2v) is 22.0. The van der Waals surface area contributed by atoms with Gasteiger partial charge in [-0.25, -0.2) is 4.98 Å². The number of aryl methyl sites for hydroxylation is 1. The fourth-order valence-electron chi connectivity index (χ4n) is 10.2. The number of benzene rings is 4. The molecule has 8 rings (SSSR count). The van der Waals surface area contributed by atoms with Crippen molar-refractivity contribution in [3.05, 3.63) is 124 Å². The van der Waals surface area contributed by atoms with Crippen LogP contribution in [0, 0.1) is 24.2 Å². The second-order valence-electron chi connectivity index (χ2n) is 20.8. The van der Waals surface area contributed by atoms with Crippen molar-refractivity contribution >= 4 is 63.7 Å². The molecule has 5 aromatic rings. The Morgan fingerprint density at radius 2 is 1.50 bits per heavy atom. The minimum absolute atomic E-state index is 0.00107. The van der Waals surface area contributed by atoms with Crippen LogP contribution in [0.15, 0.2) is 90.4 Å². The molecule has 0 spiro atoms. The van der Waals surface area contributed by atoms with Gasteiger partial charge in [-0.2, -0.15) is 18.4 Å². The number of nitriles is 1. The molecule has 0 radical (unpaired) electrons. The molecular weight excluding hydrogens is 1100 g/mol. The van der Waals surface area contributed by atoms with E-state index in [-0.39, 0.29) is 54.2 Å². The molecule has 3 aliphatic rings. The van der Waals surface area contributed by atoms with Crippen LogP contribution in [0.1, 0.15) is 91.7 Å². The molecule has 1 N–H and O–H groups in total. The summed E-state index contributed by atoms with van der Waals surface area (Å²) in [5.41, 5.74) is 3.48. The number of thiazole rings is 1. The van der Waals surface area contributed by atoms with Gasteiger partial charge in [0.15, 0.2) is 5.11 Å². The SMILES string of the molecule is Cc1ncsc1-c1ccc(CNC(=O)[C@@H]2CCCN2C(=O)C(C(C)C)N2Cc3ccccc3C2=O)c(OCCOCCOCCCCOCCOCCOc2ccc(N3C(=S)N(c4ccc(C#N)c(C(F)(F)F)c4)C(=O)C3(C)C)cc2)c1. The number of carbonyl (C=O) groups is 4. The molecule has 2 fully saturated rings. The summed E-state index contributed by atoms with van der Waals surface area (Å²) in [6.07, 6.45) is -1.97. The Morgan fingerprint density at radius 3 is 2.13 bits per heavy atom. The fraction of sp³-hybridized carbons (Fsp3) is 0.450. The lowest BCUT2D eigenvalue weighted by molar-refractivity contribution is -0.143. The van der Waals surface area contributed by atoms with Crippen LogP contribution >= 0.6 is 23.6 Å². The number of fused-ring (bicyclic) bond motifs is 1. The minimum Gasteiger partial charge on any atom is -0.491 e. The number of nitrogens with one attached hydrogen (secondary N) is 1. The van der Waals surface area contributed by atoms with E-state index in [2.05, 4.69) is 10.3 Å². The van der Waals surface area contributed by atoms with E-state index in [0.717, 1.165) is 57.1 Å². The Bertz CT molecular complexity index is 3110. The molecule has 17 nitrogen and oxygen atoms in total. The molecule has 4 heterocycles. The topological polar surface area (TPSA) is 185 Å². The molecule has 2 atom stereocenters. The molecule has 0 aliphatic carbocycles. The summed E-state index contributed by atoms with van der Waals surface area (Å²) in [6.45, 7) is 14.0. The van der Waals surface area contributed by atoms with E-state index in [4.69, 9.17) is 40.6 Å². The number of alkyl halides is 3. The van der Waals surface area contributed by atoms with Crippen molar-refractivity contribution in [1.29, 1.82) is 5.26 Å². The number of likely N-dealkylation sites (tertiary alicyclic amines) is 1. The average Bonchev–Trinajstić information content (AvgIpc) is 2.70. The van der Waals surface area contributed by atoms with Crippen LogP contribution in [0.2, 0.25) is 0 Å². The van der Waals surface area contributed by atoms with Gasteiger partial charge in [0.1, 0.15) is 42.3 Å². The molecule has 22 heteroatoms. The first-order valence-electron chi connectivity index (χ1n) is 27.4. The maximum atomic E-state index is 14.2. The van der Waals surface area contributed by atoms with E-state index in [1.54, 1.807) is 70.5 Å². The molecule has 1 aromatic heterocycles. The van der Waals surface area contributed by atoms with E-state index in [0.29, 0.717) is 102 Å². The zero-order valence-electron chi connectivity index (χ0n) is 46.6. The van der Waals surface area contributed by atoms with Crippen molar-refractivity contribution in [1.82, 2.24) is 20.1 Å². The first kappa shape index (κ1) is 61.1. The summed E-state index contributed by atoms with van der Waals surface area (Å²) in [4.78, 5) is 66.4. The smallest absolute Gasteiger partial charge is 0.417 e. The maximum Gasteiger partial charge on any atom is 0.417 e. The number of hydrogen-bond donors (Lipinski definition) is 1. The van der Waals surface area contributed by atoms with Crippen LogP contribution in [0.25, 0.3) is 10.4 Å². The predicted molar refractivity (Wildman–Crippen MR) is 307 cm³/mol. The first-order chi connectivity index (χ1) is 39.4. The lowest BCUT2D eigenvalue weighted by Crippen LogP contribution is -2.55. The highest BCUT2D eigenvalue weighted by molar-refractivity contribution is 7.81. The van der Waals surface area contributed by atoms with Gasteiger partial charge in [0.2, 0.25) is 11.8 Å². The predicted octanol–water partition coefficient (Wildman–Crippen LogP) is 9.52. The van der Waals surface area contributed by atoms with E-state index >= 15 is 0 Å². The normalized spacial score (nSPS) is 16.3. The number of amides is 4. The molecule has 2 saturated heterocycles. The van der Waals surface area contributed by atoms with Crippen molar-refractivity contribution in [2.24, 2.45) is 5.92 Å². The number of unbranched alkanes of at least 4 members (excludes halogenated alkanes) is 1. The minimum atomic E-state index is -4.80. The molecule has 0 bridgehead atoms. The number of anilines is 2. The Balaban J connectivity index is 0.681. The fourth-order valence-corrected chi connectivity index (χ4v) is 11.6. The highest BCUT2D eigenvalue weighted by atomic mass is 32.1. The number of ether oxygens (including phenoxy) is 6. The van der Waals surface area contributed by atoms with E-state index in [1.807, 2.05) is 57.2 Å².